The number of hydrogen-bond acceptors (Lipinski definition) is 6. The summed E-state index contributed by atoms with van der Waals surface area (Å²) in [7, 11) is 0. The molecule has 136 valence electrons. The van der Waals surface area contributed by atoms with E-state index in [9.17, 15) is 9.18 Å². The van der Waals surface area contributed by atoms with Crippen molar-refractivity contribution in [2.24, 2.45) is 0 Å². The molecule has 0 saturated carbocycles. The monoisotopic (exact) mass is 398 g/mol. The molecule has 5 rings (SSSR count). The lowest BCUT2D eigenvalue weighted by atomic mass is 10.3. The van der Waals surface area contributed by atoms with Gasteiger partial charge in [-0.2, -0.15) is 0 Å². The van der Waals surface area contributed by atoms with Crippen molar-refractivity contribution in [2.45, 2.75) is 0 Å². The zero-order valence-corrected chi connectivity index (χ0v) is 15.9. The van der Waals surface area contributed by atoms with Gasteiger partial charge in [0.15, 0.2) is 10.1 Å². The van der Waals surface area contributed by atoms with E-state index in [0.717, 1.165) is 20.0 Å². The fourth-order valence-electron chi connectivity index (χ4n) is 3.24. The van der Waals surface area contributed by atoms with Gasteiger partial charge in [0.2, 0.25) is 0 Å². The van der Waals surface area contributed by atoms with Crippen LogP contribution in [0, 0.1) is 5.82 Å². The number of carbonyl (C=O) groups is 1. The number of rotatable bonds is 2. The highest BCUT2D eigenvalue weighted by atomic mass is 32.1. The molecule has 2 aromatic carbocycles. The molecule has 1 amide bonds. The Morgan fingerprint density at radius 2 is 1.70 bits per heavy atom. The molecular weight excluding hydrogens is 383 g/mol. The molecule has 8 heteroatoms. The summed E-state index contributed by atoms with van der Waals surface area (Å²) in [5, 5.41) is 1.34. The average molecular weight is 398 g/mol. The van der Waals surface area contributed by atoms with Crippen LogP contribution in [0.5, 0.6) is 0 Å². The molecular formula is C19H15FN4OS2. The fourth-order valence-corrected chi connectivity index (χ4v) is 5.20. The van der Waals surface area contributed by atoms with Crippen LogP contribution in [0.3, 0.4) is 0 Å². The number of para-hydroxylation sites is 2. The minimum atomic E-state index is -0.292. The molecule has 27 heavy (non-hydrogen) atoms. The molecule has 0 N–H and O–H groups in total. The van der Waals surface area contributed by atoms with Crippen LogP contribution in [0.4, 0.5) is 9.52 Å². The summed E-state index contributed by atoms with van der Waals surface area (Å²) < 4.78 is 15.7. The lowest BCUT2D eigenvalue weighted by Gasteiger charge is -2.34. The lowest BCUT2D eigenvalue weighted by molar-refractivity contribution is 0.0746. The summed E-state index contributed by atoms with van der Waals surface area (Å²) >= 11 is 2.92. The van der Waals surface area contributed by atoms with E-state index in [0.29, 0.717) is 36.7 Å². The Bertz CT molecular complexity index is 1110. The molecule has 0 radical (unpaired) electrons. The highest BCUT2D eigenvalue weighted by Crippen LogP contribution is 2.31. The highest BCUT2D eigenvalue weighted by molar-refractivity contribution is 7.22. The predicted octanol–water partition coefficient (Wildman–Crippen LogP) is 4.01. The second-order valence-corrected chi connectivity index (χ2v) is 8.39. The van der Waals surface area contributed by atoms with Crippen LogP contribution in [0.25, 0.3) is 20.4 Å². The Balaban J connectivity index is 1.31. The molecule has 1 saturated heterocycles. The van der Waals surface area contributed by atoms with E-state index in [2.05, 4.69) is 14.9 Å². The second-order valence-electron chi connectivity index (χ2n) is 6.35. The Morgan fingerprint density at radius 1 is 0.926 bits per heavy atom. The summed E-state index contributed by atoms with van der Waals surface area (Å²) in [5.74, 6) is -0.314. The van der Waals surface area contributed by atoms with Gasteiger partial charge < -0.3 is 9.80 Å². The van der Waals surface area contributed by atoms with E-state index < -0.39 is 0 Å². The predicted molar refractivity (Wildman–Crippen MR) is 107 cm³/mol. The SMILES string of the molecule is O=C(c1nc2ccccc2s1)N1CCN(c2nc3c(F)cccc3s2)CC1. The topological polar surface area (TPSA) is 49.3 Å². The molecule has 0 aliphatic carbocycles. The molecule has 0 bridgehead atoms. The van der Waals surface area contributed by atoms with Gasteiger partial charge in [-0.15, -0.1) is 11.3 Å². The van der Waals surface area contributed by atoms with Crippen molar-refractivity contribution in [3.05, 3.63) is 53.3 Å². The smallest absolute Gasteiger partial charge is 0.282 e. The lowest BCUT2D eigenvalue weighted by Crippen LogP contribution is -2.48. The molecule has 3 heterocycles. The summed E-state index contributed by atoms with van der Waals surface area (Å²) in [4.78, 5) is 25.7. The molecule has 1 aliphatic heterocycles. The summed E-state index contributed by atoms with van der Waals surface area (Å²) in [6.07, 6.45) is 0. The van der Waals surface area contributed by atoms with Crippen LogP contribution in [0.1, 0.15) is 9.80 Å². The van der Waals surface area contributed by atoms with Gasteiger partial charge >= 0.3 is 0 Å². The maximum Gasteiger partial charge on any atom is 0.282 e. The number of carbonyl (C=O) groups excluding carboxylic acids is 1. The van der Waals surface area contributed by atoms with E-state index >= 15 is 0 Å². The van der Waals surface area contributed by atoms with Gasteiger partial charge in [-0.05, 0) is 24.3 Å². The van der Waals surface area contributed by atoms with E-state index in [1.807, 2.05) is 35.2 Å². The Morgan fingerprint density at radius 3 is 2.48 bits per heavy atom. The molecule has 1 aliphatic rings. The van der Waals surface area contributed by atoms with Gasteiger partial charge in [-0.1, -0.05) is 29.5 Å². The van der Waals surface area contributed by atoms with Crippen molar-refractivity contribution in [1.82, 2.24) is 14.9 Å². The second kappa shape index (κ2) is 6.54. The molecule has 1 fully saturated rings. The number of halogens is 1. The Kier molecular flexibility index (Phi) is 4.02. The largest absolute Gasteiger partial charge is 0.345 e. The van der Waals surface area contributed by atoms with Crippen molar-refractivity contribution in [3.63, 3.8) is 0 Å². The number of benzene rings is 2. The van der Waals surface area contributed by atoms with Crippen molar-refractivity contribution in [1.29, 1.82) is 0 Å². The van der Waals surface area contributed by atoms with Crippen LogP contribution < -0.4 is 4.90 Å². The number of hydrogen-bond donors (Lipinski definition) is 0. The molecule has 5 nitrogen and oxygen atoms in total. The first kappa shape index (κ1) is 16.6. The standard InChI is InChI=1S/C19H15FN4OS2/c20-12-4-3-7-15-16(12)22-19(27-15)24-10-8-23(9-11-24)18(25)17-21-13-5-1-2-6-14(13)26-17/h1-7H,8-11H2. The number of piperazine rings is 1. The van der Waals surface area contributed by atoms with Gasteiger partial charge in [-0.25, -0.2) is 14.4 Å². The van der Waals surface area contributed by atoms with E-state index in [1.165, 1.54) is 28.7 Å². The van der Waals surface area contributed by atoms with Crippen molar-refractivity contribution in [2.75, 3.05) is 31.1 Å². The number of amides is 1. The maximum absolute atomic E-state index is 13.9. The summed E-state index contributed by atoms with van der Waals surface area (Å²) in [6, 6.07) is 12.8. The first-order valence-electron chi connectivity index (χ1n) is 8.64. The van der Waals surface area contributed by atoms with Crippen molar-refractivity contribution in [3.8, 4) is 0 Å². The van der Waals surface area contributed by atoms with Gasteiger partial charge in [0.1, 0.15) is 11.3 Å². The van der Waals surface area contributed by atoms with Gasteiger partial charge in [0, 0.05) is 26.2 Å². The van der Waals surface area contributed by atoms with Crippen LogP contribution in [0.2, 0.25) is 0 Å². The number of fused-ring (bicyclic) bond motifs is 2. The summed E-state index contributed by atoms with van der Waals surface area (Å²) in [5.41, 5.74) is 1.28. The average Bonchev–Trinajstić information content (AvgIpc) is 3.32. The van der Waals surface area contributed by atoms with Crippen LogP contribution >= 0.6 is 22.7 Å². The van der Waals surface area contributed by atoms with Crippen molar-refractivity contribution < 1.29 is 9.18 Å². The summed E-state index contributed by atoms with van der Waals surface area (Å²) in [6.45, 7) is 2.57. The zero-order valence-electron chi connectivity index (χ0n) is 14.3. The Labute approximate surface area is 162 Å². The number of anilines is 1. The normalized spacial score (nSPS) is 15.0. The molecule has 2 aromatic heterocycles. The quantitative estimate of drug-likeness (QED) is 0.512. The molecule has 4 aromatic rings. The molecule has 0 spiro atoms. The van der Waals surface area contributed by atoms with Gasteiger partial charge in [0.25, 0.3) is 5.91 Å². The number of aromatic nitrogens is 2. The number of thiazole rings is 2. The molecule has 0 unspecified atom stereocenters. The fraction of sp³-hybridized carbons (Fsp3) is 0.211. The first-order chi connectivity index (χ1) is 13.2. The van der Waals surface area contributed by atoms with Crippen molar-refractivity contribution >= 4 is 54.1 Å². The Hall–Kier alpha value is -2.58. The third-order valence-corrected chi connectivity index (χ3v) is 6.78. The third kappa shape index (κ3) is 2.94. The van der Waals surface area contributed by atoms with Crippen LogP contribution in [-0.2, 0) is 0 Å². The number of nitrogens with zero attached hydrogens (tertiary/aromatic N) is 4. The van der Waals surface area contributed by atoms with Crippen LogP contribution in [-0.4, -0.2) is 47.0 Å². The van der Waals surface area contributed by atoms with E-state index in [-0.39, 0.29) is 11.7 Å². The zero-order chi connectivity index (χ0) is 18.4. The third-order valence-electron chi connectivity index (χ3n) is 4.67. The molecule has 0 atom stereocenters. The minimum absolute atomic E-state index is 0.0220. The van der Waals surface area contributed by atoms with Crippen LogP contribution in [0.15, 0.2) is 42.5 Å². The highest BCUT2D eigenvalue weighted by Gasteiger charge is 2.26. The first-order valence-corrected chi connectivity index (χ1v) is 10.3. The maximum atomic E-state index is 13.9. The van der Waals surface area contributed by atoms with E-state index in [4.69, 9.17) is 0 Å². The van der Waals surface area contributed by atoms with E-state index in [1.54, 1.807) is 6.07 Å². The minimum Gasteiger partial charge on any atom is -0.345 e. The van der Waals surface area contributed by atoms with Gasteiger partial charge in [-0.3, -0.25) is 4.79 Å². The van der Waals surface area contributed by atoms with Gasteiger partial charge in [0.05, 0.1) is 14.9 Å².